The van der Waals surface area contributed by atoms with E-state index in [0.29, 0.717) is 18.0 Å². The SMILES string of the molecule is Cc1c(C(=O)NCC2CCCCC2)cc(-c2csc(-c3cnccn3)n2)n1Cc1ccco1. The molecule has 0 aromatic carbocycles. The summed E-state index contributed by atoms with van der Waals surface area (Å²) in [5.41, 5.74) is 4.01. The van der Waals surface area contributed by atoms with Crippen LogP contribution in [0.2, 0.25) is 0 Å². The fourth-order valence-electron chi connectivity index (χ4n) is 4.49. The molecule has 1 saturated carbocycles. The summed E-state index contributed by atoms with van der Waals surface area (Å²) in [7, 11) is 0. The van der Waals surface area contributed by atoms with Gasteiger partial charge in [-0.05, 0) is 43.9 Å². The van der Waals surface area contributed by atoms with E-state index in [1.807, 2.05) is 30.5 Å². The Labute approximate surface area is 196 Å². The maximum Gasteiger partial charge on any atom is 0.253 e. The van der Waals surface area contributed by atoms with Gasteiger partial charge in [0.1, 0.15) is 16.5 Å². The van der Waals surface area contributed by atoms with Crippen molar-refractivity contribution in [2.75, 3.05) is 6.54 Å². The van der Waals surface area contributed by atoms with Crippen LogP contribution in [0, 0.1) is 12.8 Å². The first-order chi connectivity index (χ1) is 16.2. The Morgan fingerprint density at radius 2 is 2.12 bits per heavy atom. The zero-order chi connectivity index (χ0) is 22.6. The maximum atomic E-state index is 13.2. The number of amides is 1. The van der Waals surface area contributed by atoms with Crippen molar-refractivity contribution < 1.29 is 9.21 Å². The molecule has 1 aliphatic rings. The summed E-state index contributed by atoms with van der Waals surface area (Å²) in [5, 5.41) is 5.98. The van der Waals surface area contributed by atoms with Gasteiger partial charge in [-0.2, -0.15) is 0 Å². The quantitative estimate of drug-likeness (QED) is 0.402. The summed E-state index contributed by atoms with van der Waals surface area (Å²) in [5.74, 6) is 1.39. The van der Waals surface area contributed by atoms with Crippen molar-refractivity contribution in [1.82, 2.24) is 24.8 Å². The Hall–Kier alpha value is -3.26. The maximum absolute atomic E-state index is 13.2. The number of carbonyl (C=O) groups is 1. The lowest BCUT2D eigenvalue weighted by molar-refractivity contribution is 0.0943. The lowest BCUT2D eigenvalue weighted by Crippen LogP contribution is -2.30. The van der Waals surface area contributed by atoms with E-state index in [4.69, 9.17) is 9.40 Å². The molecule has 0 saturated heterocycles. The molecule has 7 nitrogen and oxygen atoms in total. The van der Waals surface area contributed by atoms with E-state index in [2.05, 4.69) is 19.9 Å². The van der Waals surface area contributed by atoms with Crippen molar-refractivity contribution in [3.05, 3.63) is 65.5 Å². The van der Waals surface area contributed by atoms with Crippen molar-refractivity contribution in [1.29, 1.82) is 0 Å². The van der Waals surface area contributed by atoms with Gasteiger partial charge >= 0.3 is 0 Å². The molecule has 1 aliphatic carbocycles. The lowest BCUT2D eigenvalue weighted by Gasteiger charge is -2.21. The van der Waals surface area contributed by atoms with Crippen LogP contribution < -0.4 is 5.32 Å². The van der Waals surface area contributed by atoms with Crippen molar-refractivity contribution in [3.63, 3.8) is 0 Å². The zero-order valence-corrected chi connectivity index (χ0v) is 19.5. The van der Waals surface area contributed by atoms with E-state index < -0.39 is 0 Å². The molecular formula is C25H27N5O2S. The fraction of sp³-hybridized carbons (Fsp3) is 0.360. The number of aromatic nitrogens is 4. The normalized spacial score (nSPS) is 14.5. The largest absolute Gasteiger partial charge is 0.467 e. The molecule has 4 aromatic heterocycles. The molecule has 1 N–H and O–H groups in total. The van der Waals surface area contributed by atoms with Crippen molar-refractivity contribution in [2.24, 2.45) is 5.92 Å². The second kappa shape index (κ2) is 9.70. The molecule has 0 spiro atoms. The average molecular weight is 462 g/mol. The van der Waals surface area contributed by atoms with Gasteiger partial charge in [0.15, 0.2) is 0 Å². The molecule has 0 bridgehead atoms. The molecule has 4 aromatic rings. The number of rotatable bonds is 7. The Kier molecular flexibility index (Phi) is 6.35. The number of hydrogen-bond acceptors (Lipinski definition) is 6. The summed E-state index contributed by atoms with van der Waals surface area (Å²) in [6.07, 6.45) is 12.9. The number of hydrogen-bond donors (Lipinski definition) is 1. The Morgan fingerprint density at radius 1 is 1.24 bits per heavy atom. The van der Waals surface area contributed by atoms with Crippen LogP contribution in [0.4, 0.5) is 0 Å². The highest BCUT2D eigenvalue weighted by Gasteiger charge is 2.22. The molecular weight excluding hydrogens is 434 g/mol. The zero-order valence-electron chi connectivity index (χ0n) is 18.7. The summed E-state index contributed by atoms with van der Waals surface area (Å²) in [6, 6.07) is 5.77. The van der Waals surface area contributed by atoms with E-state index in [1.165, 1.54) is 43.4 Å². The van der Waals surface area contributed by atoms with Gasteiger partial charge in [0.25, 0.3) is 5.91 Å². The van der Waals surface area contributed by atoms with Gasteiger partial charge in [-0.3, -0.25) is 14.8 Å². The molecule has 170 valence electrons. The van der Waals surface area contributed by atoms with Crippen molar-refractivity contribution in [2.45, 2.75) is 45.6 Å². The summed E-state index contributed by atoms with van der Waals surface area (Å²) >= 11 is 1.52. The molecule has 1 amide bonds. The van der Waals surface area contributed by atoms with Gasteiger partial charge < -0.3 is 14.3 Å². The minimum absolute atomic E-state index is 0.0260. The van der Waals surface area contributed by atoms with E-state index in [9.17, 15) is 4.79 Å². The third-order valence-corrected chi connectivity index (χ3v) is 7.19. The summed E-state index contributed by atoms with van der Waals surface area (Å²) < 4.78 is 7.70. The first kappa shape index (κ1) is 21.6. The van der Waals surface area contributed by atoms with Crippen LogP contribution in [0.1, 0.15) is 53.9 Å². The van der Waals surface area contributed by atoms with Crippen LogP contribution >= 0.6 is 11.3 Å². The molecule has 4 heterocycles. The second-order valence-corrected chi connectivity index (χ2v) is 9.39. The first-order valence-electron chi connectivity index (χ1n) is 11.4. The van der Waals surface area contributed by atoms with Crippen LogP contribution in [0.3, 0.4) is 0 Å². The highest BCUT2D eigenvalue weighted by Crippen LogP contribution is 2.31. The van der Waals surface area contributed by atoms with Gasteiger partial charge in [-0.1, -0.05) is 19.3 Å². The Morgan fingerprint density at radius 3 is 2.88 bits per heavy atom. The van der Waals surface area contributed by atoms with Gasteiger partial charge in [0.2, 0.25) is 0 Å². The molecule has 8 heteroatoms. The third kappa shape index (κ3) is 4.75. The molecule has 0 atom stereocenters. The Bertz CT molecular complexity index is 1210. The summed E-state index contributed by atoms with van der Waals surface area (Å²) in [6.45, 7) is 3.25. The van der Waals surface area contributed by atoms with Crippen LogP contribution in [0.5, 0.6) is 0 Å². The van der Waals surface area contributed by atoms with E-state index in [1.54, 1.807) is 24.9 Å². The number of thiazole rings is 1. The summed E-state index contributed by atoms with van der Waals surface area (Å²) in [4.78, 5) is 26.5. The highest BCUT2D eigenvalue weighted by molar-refractivity contribution is 7.13. The minimum Gasteiger partial charge on any atom is -0.467 e. The standard InChI is InChI=1S/C25H27N5O2S/c1-17-20(24(31)28-13-18-6-3-2-4-7-18)12-23(30(17)15-19-8-5-11-32-19)22-16-33-25(29-22)21-14-26-9-10-27-21/h5,8-12,14,16,18H,2-4,6-7,13,15H2,1H3,(H,28,31). The Balaban J connectivity index is 1.44. The molecule has 0 radical (unpaired) electrons. The topological polar surface area (TPSA) is 85.8 Å². The van der Waals surface area contributed by atoms with Gasteiger partial charge in [-0.25, -0.2) is 4.98 Å². The van der Waals surface area contributed by atoms with Gasteiger partial charge in [0.05, 0.1) is 36.0 Å². The van der Waals surface area contributed by atoms with E-state index >= 15 is 0 Å². The predicted molar refractivity (Wildman–Crippen MR) is 128 cm³/mol. The molecule has 0 unspecified atom stereocenters. The van der Waals surface area contributed by atoms with Crippen LogP contribution in [0.15, 0.2) is 52.9 Å². The van der Waals surface area contributed by atoms with Gasteiger partial charge in [0, 0.05) is 30.0 Å². The highest BCUT2D eigenvalue weighted by atomic mass is 32.1. The number of furan rings is 1. The lowest BCUT2D eigenvalue weighted by atomic mass is 9.89. The molecule has 1 fully saturated rings. The van der Waals surface area contributed by atoms with Crippen LogP contribution in [-0.4, -0.2) is 32.0 Å². The fourth-order valence-corrected chi connectivity index (χ4v) is 5.27. The van der Waals surface area contributed by atoms with Gasteiger partial charge in [-0.15, -0.1) is 11.3 Å². The van der Waals surface area contributed by atoms with Crippen LogP contribution in [0.25, 0.3) is 22.1 Å². The molecule has 33 heavy (non-hydrogen) atoms. The number of carbonyl (C=O) groups excluding carboxylic acids is 1. The van der Waals surface area contributed by atoms with Crippen molar-refractivity contribution >= 4 is 17.2 Å². The minimum atomic E-state index is -0.0260. The number of nitrogens with one attached hydrogen (secondary N) is 1. The van der Waals surface area contributed by atoms with Crippen LogP contribution in [-0.2, 0) is 6.54 Å². The second-order valence-electron chi connectivity index (χ2n) is 8.54. The first-order valence-corrected chi connectivity index (χ1v) is 12.3. The predicted octanol–water partition coefficient (Wildman–Crippen LogP) is 5.33. The monoisotopic (exact) mass is 461 g/mol. The molecule has 0 aliphatic heterocycles. The van der Waals surface area contributed by atoms with E-state index in [-0.39, 0.29) is 5.91 Å². The smallest absolute Gasteiger partial charge is 0.253 e. The molecule has 5 rings (SSSR count). The van der Waals surface area contributed by atoms with Crippen molar-refractivity contribution in [3.8, 4) is 22.1 Å². The van der Waals surface area contributed by atoms with E-state index in [0.717, 1.165) is 40.1 Å². The third-order valence-electron chi connectivity index (χ3n) is 6.33. The number of nitrogens with zero attached hydrogens (tertiary/aromatic N) is 4. The average Bonchev–Trinajstić information content (AvgIpc) is 3.61.